The maximum atomic E-state index is 11.6. The second-order valence-electron chi connectivity index (χ2n) is 5.02. The van der Waals surface area contributed by atoms with Gasteiger partial charge in [-0.05, 0) is 55.8 Å². The number of amides is 2. The SMILES string of the molecule is Cc1ccc(C=CC(=O)NNC(=O)COc2ccc(Cl)c(C)c2)o1. The fourth-order valence-electron chi connectivity index (χ4n) is 1.77. The first-order valence-electron chi connectivity index (χ1n) is 7.16. The van der Waals surface area contributed by atoms with E-state index in [1.807, 2.05) is 6.92 Å². The van der Waals surface area contributed by atoms with Crippen molar-refractivity contribution < 1.29 is 18.7 Å². The van der Waals surface area contributed by atoms with Crippen molar-refractivity contribution in [2.24, 2.45) is 0 Å². The highest BCUT2D eigenvalue weighted by atomic mass is 35.5. The van der Waals surface area contributed by atoms with Crippen LogP contribution >= 0.6 is 11.6 Å². The average Bonchev–Trinajstić information content (AvgIpc) is 2.97. The van der Waals surface area contributed by atoms with Crippen molar-refractivity contribution >= 4 is 29.5 Å². The topological polar surface area (TPSA) is 80.6 Å². The molecular formula is C17H17ClN2O4. The van der Waals surface area contributed by atoms with Gasteiger partial charge in [0.25, 0.3) is 11.8 Å². The summed E-state index contributed by atoms with van der Waals surface area (Å²) in [6, 6.07) is 8.60. The number of hydrazine groups is 1. The van der Waals surface area contributed by atoms with Crippen LogP contribution in [0, 0.1) is 13.8 Å². The monoisotopic (exact) mass is 348 g/mol. The molecule has 1 aromatic carbocycles. The quantitative estimate of drug-likeness (QED) is 0.643. The molecule has 2 aromatic rings. The Morgan fingerprint density at radius 2 is 2.00 bits per heavy atom. The van der Waals surface area contributed by atoms with Gasteiger partial charge in [-0.15, -0.1) is 0 Å². The molecule has 7 heteroatoms. The fraction of sp³-hybridized carbons (Fsp3) is 0.176. The third-order valence-corrected chi connectivity index (χ3v) is 3.41. The number of halogens is 1. The summed E-state index contributed by atoms with van der Waals surface area (Å²) >= 11 is 5.91. The molecule has 0 fully saturated rings. The number of benzene rings is 1. The summed E-state index contributed by atoms with van der Waals surface area (Å²) in [7, 11) is 0. The highest BCUT2D eigenvalue weighted by Gasteiger charge is 2.05. The number of carbonyl (C=O) groups excluding carboxylic acids is 2. The predicted molar refractivity (Wildman–Crippen MR) is 90.4 cm³/mol. The Morgan fingerprint density at radius 3 is 2.67 bits per heavy atom. The molecule has 0 aliphatic carbocycles. The van der Waals surface area contributed by atoms with Crippen LogP contribution in [0.4, 0.5) is 0 Å². The smallest absolute Gasteiger partial charge is 0.276 e. The molecule has 2 N–H and O–H groups in total. The van der Waals surface area contributed by atoms with E-state index in [4.69, 9.17) is 20.8 Å². The van der Waals surface area contributed by atoms with Crippen LogP contribution in [0.1, 0.15) is 17.1 Å². The van der Waals surface area contributed by atoms with Crippen LogP contribution in [0.5, 0.6) is 5.75 Å². The molecular weight excluding hydrogens is 332 g/mol. The Kier molecular flexibility index (Phi) is 6.03. The highest BCUT2D eigenvalue weighted by Crippen LogP contribution is 2.20. The number of furan rings is 1. The average molecular weight is 349 g/mol. The predicted octanol–water partition coefficient (Wildman–Crippen LogP) is 2.79. The Balaban J connectivity index is 1.73. The molecule has 126 valence electrons. The molecule has 1 heterocycles. The van der Waals surface area contributed by atoms with E-state index in [1.54, 1.807) is 37.3 Å². The zero-order valence-electron chi connectivity index (χ0n) is 13.3. The van der Waals surface area contributed by atoms with E-state index in [9.17, 15) is 9.59 Å². The zero-order chi connectivity index (χ0) is 17.5. The van der Waals surface area contributed by atoms with Crippen molar-refractivity contribution in [2.45, 2.75) is 13.8 Å². The van der Waals surface area contributed by atoms with Crippen molar-refractivity contribution in [1.29, 1.82) is 0 Å². The summed E-state index contributed by atoms with van der Waals surface area (Å²) in [4.78, 5) is 23.2. The van der Waals surface area contributed by atoms with E-state index < -0.39 is 11.8 Å². The lowest BCUT2D eigenvalue weighted by Crippen LogP contribution is -2.43. The number of nitrogens with one attached hydrogen (secondary N) is 2. The minimum Gasteiger partial charge on any atom is -0.484 e. The molecule has 0 aliphatic rings. The van der Waals surface area contributed by atoms with Gasteiger partial charge in [-0.25, -0.2) is 0 Å². The van der Waals surface area contributed by atoms with Crippen molar-refractivity contribution in [3.8, 4) is 5.75 Å². The molecule has 0 saturated carbocycles. The van der Waals surface area contributed by atoms with Crippen LogP contribution in [0.15, 0.2) is 40.8 Å². The summed E-state index contributed by atoms with van der Waals surface area (Å²) < 4.78 is 10.6. The number of hydrogen-bond acceptors (Lipinski definition) is 4. The first-order chi connectivity index (χ1) is 11.4. The van der Waals surface area contributed by atoms with Gasteiger partial charge in [-0.1, -0.05) is 11.6 Å². The van der Waals surface area contributed by atoms with E-state index in [2.05, 4.69) is 10.9 Å². The molecule has 0 unspecified atom stereocenters. The molecule has 0 atom stereocenters. The minimum absolute atomic E-state index is 0.234. The lowest BCUT2D eigenvalue weighted by molar-refractivity contribution is -0.128. The van der Waals surface area contributed by atoms with E-state index in [-0.39, 0.29) is 6.61 Å². The van der Waals surface area contributed by atoms with Gasteiger partial charge in [-0.2, -0.15) is 0 Å². The standard InChI is InChI=1S/C17H17ClN2O4/c1-11-9-14(5-7-15(11)18)23-10-17(22)20-19-16(21)8-6-13-4-3-12(2)24-13/h3-9H,10H2,1-2H3,(H,19,21)(H,20,22). The molecule has 2 rings (SSSR count). The Labute approximate surface area is 144 Å². The van der Waals surface area contributed by atoms with Gasteiger partial charge in [-0.3, -0.25) is 20.4 Å². The summed E-state index contributed by atoms with van der Waals surface area (Å²) in [5.41, 5.74) is 5.35. The first-order valence-corrected chi connectivity index (χ1v) is 7.54. The normalized spacial score (nSPS) is 10.6. The van der Waals surface area contributed by atoms with Crippen LogP contribution in [-0.2, 0) is 9.59 Å². The Bertz CT molecular complexity index is 768. The first kappa shape index (κ1) is 17.6. The molecule has 0 saturated heterocycles. The van der Waals surface area contributed by atoms with E-state index in [0.717, 1.165) is 11.3 Å². The third kappa shape index (κ3) is 5.48. The summed E-state index contributed by atoms with van der Waals surface area (Å²) in [5.74, 6) is 0.845. The molecule has 0 spiro atoms. The number of ether oxygens (including phenoxy) is 1. The highest BCUT2D eigenvalue weighted by molar-refractivity contribution is 6.31. The maximum absolute atomic E-state index is 11.6. The molecule has 0 bridgehead atoms. The van der Waals surface area contributed by atoms with Gasteiger partial charge in [0.05, 0.1) is 0 Å². The van der Waals surface area contributed by atoms with E-state index in [1.165, 1.54) is 12.2 Å². The van der Waals surface area contributed by atoms with Crippen molar-refractivity contribution in [1.82, 2.24) is 10.9 Å². The minimum atomic E-state index is -0.488. The van der Waals surface area contributed by atoms with E-state index >= 15 is 0 Å². The van der Waals surface area contributed by atoms with Crippen LogP contribution in [0.3, 0.4) is 0 Å². The largest absolute Gasteiger partial charge is 0.484 e. The van der Waals surface area contributed by atoms with Crippen LogP contribution in [-0.4, -0.2) is 18.4 Å². The molecule has 0 radical (unpaired) electrons. The molecule has 24 heavy (non-hydrogen) atoms. The van der Waals surface area contributed by atoms with Gasteiger partial charge in [0.15, 0.2) is 6.61 Å². The number of rotatable bonds is 5. The lowest BCUT2D eigenvalue weighted by atomic mass is 10.2. The van der Waals surface area contributed by atoms with Gasteiger partial charge in [0.2, 0.25) is 0 Å². The summed E-state index contributed by atoms with van der Waals surface area (Å²) in [6.45, 7) is 3.41. The molecule has 1 aromatic heterocycles. The van der Waals surface area contributed by atoms with Crippen molar-refractivity contribution in [3.63, 3.8) is 0 Å². The number of carbonyl (C=O) groups is 2. The molecule has 0 aliphatic heterocycles. The molecule has 6 nitrogen and oxygen atoms in total. The second-order valence-corrected chi connectivity index (χ2v) is 5.43. The van der Waals surface area contributed by atoms with Gasteiger partial charge < -0.3 is 9.15 Å². The summed E-state index contributed by atoms with van der Waals surface area (Å²) in [5, 5.41) is 0.623. The lowest BCUT2D eigenvalue weighted by Gasteiger charge is -2.08. The Hall–Kier alpha value is -2.73. The fourth-order valence-corrected chi connectivity index (χ4v) is 1.88. The van der Waals surface area contributed by atoms with Gasteiger partial charge in [0.1, 0.15) is 17.3 Å². The van der Waals surface area contributed by atoms with Crippen LogP contribution in [0.2, 0.25) is 5.02 Å². The van der Waals surface area contributed by atoms with Crippen LogP contribution in [0.25, 0.3) is 6.08 Å². The van der Waals surface area contributed by atoms with Crippen LogP contribution < -0.4 is 15.6 Å². The zero-order valence-corrected chi connectivity index (χ0v) is 14.0. The van der Waals surface area contributed by atoms with E-state index in [0.29, 0.717) is 16.5 Å². The maximum Gasteiger partial charge on any atom is 0.276 e. The number of aryl methyl sites for hydroxylation is 2. The number of hydrogen-bond donors (Lipinski definition) is 2. The van der Waals surface area contributed by atoms with Gasteiger partial charge >= 0.3 is 0 Å². The summed E-state index contributed by atoms with van der Waals surface area (Å²) in [6.07, 6.45) is 2.75. The second kappa shape index (κ2) is 8.21. The third-order valence-electron chi connectivity index (χ3n) is 2.98. The van der Waals surface area contributed by atoms with Gasteiger partial charge in [0, 0.05) is 11.1 Å². The Morgan fingerprint density at radius 1 is 1.21 bits per heavy atom. The molecule has 2 amide bonds. The van der Waals surface area contributed by atoms with Crippen molar-refractivity contribution in [3.05, 3.63) is 58.5 Å². The van der Waals surface area contributed by atoms with Crippen molar-refractivity contribution in [2.75, 3.05) is 6.61 Å².